The lowest BCUT2D eigenvalue weighted by atomic mass is 10.2. The van der Waals surface area contributed by atoms with Gasteiger partial charge in [-0.2, -0.15) is 0 Å². The molecule has 1 aromatic carbocycles. The van der Waals surface area contributed by atoms with Crippen molar-refractivity contribution in [3.8, 4) is 0 Å². The molecule has 0 radical (unpaired) electrons. The van der Waals surface area contributed by atoms with Gasteiger partial charge in [0.25, 0.3) is 5.91 Å². The third-order valence-corrected chi connectivity index (χ3v) is 3.13. The summed E-state index contributed by atoms with van der Waals surface area (Å²) >= 11 is 0. The fraction of sp³-hybridized carbons (Fsp3) is 0.333. The van der Waals surface area contributed by atoms with Crippen LogP contribution >= 0.6 is 0 Å². The Labute approximate surface area is 119 Å². The Morgan fingerprint density at radius 1 is 1.40 bits per heavy atom. The van der Waals surface area contributed by atoms with E-state index in [2.05, 4.69) is 21.8 Å². The highest BCUT2D eigenvalue weighted by molar-refractivity contribution is 5.94. The van der Waals surface area contributed by atoms with Gasteiger partial charge in [0, 0.05) is 38.1 Å². The summed E-state index contributed by atoms with van der Waals surface area (Å²) in [6, 6.07) is 7.54. The molecule has 0 saturated heterocycles. The molecule has 0 spiro atoms. The van der Waals surface area contributed by atoms with E-state index in [1.54, 1.807) is 19.0 Å². The minimum Gasteiger partial charge on any atom is -0.379 e. The lowest BCUT2D eigenvalue weighted by molar-refractivity contribution is 0.0827. The summed E-state index contributed by atoms with van der Waals surface area (Å²) in [5.41, 5.74) is 2.74. The van der Waals surface area contributed by atoms with Gasteiger partial charge in [-0.25, -0.2) is 4.98 Å². The number of nitrogens with zero attached hydrogens (tertiary/aromatic N) is 3. The molecule has 0 fully saturated rings. The van der Waals surface area contributed by atoms with Gasteiger partial charge in [0.1, 0.15) is 0 Å². The summed E-state index contributed by atoms with van der Waals surface area (Å²) in [5, 5.41) is 3.32. The molecule has 106 valence electrons. The zero-order valence-corrected chi connectivity index (χ0v) is 12.1. The summed E-state index contributed by atoms with van der Waals surface area (Å²) < 4.78 is 2.09. The first-order valence-electron chi connectivity index (χ1n) is 6.66. The first kappa shape index (κ1) is 14.1. The van der Waals surface area contributed by atoms with Gasteiger partial charge in [-0.3, -0.25) is 4.79 Å². The number of aryl methyl sites for hydroxylation is 1. The molecule has 2 aromatic rings. The maximum Gasteiger partial charge on any atom is 0.253 e. The van der Waals surface area contributed by atoms with E-state index in [0.29, 0.717) is 12.1 Å². The first-order valence-corrected chi connectivity index (χ1v) is 6.66. The van der Waals surface area contributed by atoms with Gasteiger partial charge in [0.2, 0.25) is 0 Å². The molecule has 0 bridgehead atoms. The van der Waals surface area contributed by atoms with Crippen LogP contribution in [-0.4, -0.2) is 34.5 Å². The molecule has 1 amide bonds. The van der Waals surface area contributed by atoms with E-state index in [4.69, 9.17) is 0 Å². The molecule has 0 aliphatic rings. The van der Waals surface area contributed by atoms with Crippen LogP contribution in [0.4, 0.5) is 5.69 Å². The topological polar surface area (TPSA) is 50.2 Å². The number of rotatable bonds is 5. The normalized spacial score (nSPS) is 10.3. The molecule has 0 aliphatic heterocycles. The van der Waals surface area contributed by atoms with Crippen LogP contribution in [0, 0.1) is 0 Å². The van der Waals surface area contributed by atoms with Crippen LogP contribution in [0.3, 0.4) is 0 Å². The molecule has 20 heavy (non-hydrogen) atoms. The fourth-order valence-electron chi connectivity index (χ4n) is 1.99. The Kier molecular flexibility index (Phi) is 4.40. The summed E-state index contributed by atoms with van der Waals surface area (Å²) in [4.78, 5) is 17.6. The molecular weight excluding hydrogens is 252 g/mol. The molecule has 1 heterocycles. The van der Waals surface area contributed by atoms with Gasteiger partial charge in [0.05, 0.1) is 18.6 Å². The number of amides is 1. The lowest BCUT2D eigenvalue weighted by Crippen LogP contribution is -2.21. The number of benzene rings is 1. The highest BCUT2D eigenvalue weighted by Crippen LogP contribution is 2.13. The monoisotopic (exact) mass is 272 g/mol. The van der Waals surface area contributed by atoms with Crippen molar-refractivity contribution in [1.29, 1.82) is 0 Å². The molecule has 5 heteroatoms. The van der Waals surface area contributed by atoms with Gasteiger partial charge in [-0.15, -0.1) is 0 Å². The van der Waals surface area contributed by atoms with Crippen molar-refractivity contribution >= 4 is 11.6 Å². The van der Waals surface area contributed by atoms with Crippen molar-refractivity contribution in [3.05, 3.63) is 48.0 Å². The average molecular weight is 272 g/mol. The number of anilines is 1. The molecule has 0 saturated carbocycles. The highest BCUT2D eigenvalue weighted by atomic mass is 16.2. The molecule has 1 aromatic heterocycles. The molecular formula is C15H20N4O. The number of hydrogen-bond donors (Lipinski definition) is 1. The van der Waals surface area contributed by atoms with Gasteiger partial charge < -0.3 is 14.8 Å². The number of nitrogens with one attached hydrogen (secondary N) is 1. The second kappa shape index (κ2) is 6.23. The van der Waals surface area contributed by atoms with Crippen molar-refractivity contribution in [2.24, 2.45) is 0 Å². The van der Waals surface area contributed by atoms with Crippen LogP contribution in [0.25, 0.3) is 0 Å². The van der Waals surface area contributed by atoms with Crippen LogP contribution in [0.1, 0.15) is 23.0 Å². The summed E-state index contributed by atoms with van der Waals surface area (Å²) in [7, 11) is 3.50. The van der Waals surface area contributed by atoms with Crippen molar-refractivity contribution < 1.29 is 4.79 Å². The maximum absolute atomic E-state index is 11.9. The Morgan fingerprint density at radius 3 is 2.90 bits per heavy atom. The van der Waals surface area contributed by atoms with Gasteiger partial charge >= 0.3 is 0 Å². The Bertz CT molecular complexity index is 589. The predicted octanol–water partition coefficient (Wildman–Crippen LogP) is 2.22. The SMILES string of the molecule is CCn1cncc1CNc1cccc(C(=O)N(C)C)c1. The lowest BCUT2D eigenvalue weighted by Gasteiger charge is -2.12. The molecule has 0 atom stereocenters. The second-order valence-electron chi connectivity index (χ2n) is 4.80. The minimum absolute atomic E-state index is 0.00671. The quantitative estimate of drug-likeness (QED) is 0.908. The van der Waals surface area contributed by atoms with Crippen LogP contribution in [-0.2, 0) is 13.1 Å². The first-order chi connectivity index (χ1) is 9.61. The number of carbonyl (C=O) groups excluding carboxylic acids is 1. The van der Waals surface area contributed by atoms with Crippen molar-refractivity contribution in [3.63, 3.8) is 0 Å². The van der Waals surface area contributed by atoms with E-state index in [0.717, 1.165) is 17.9 Å². The fourth-order valence-corrected chi connectivity index (χ4v) is 1.99. The van der Waals surface area contributed by atoms with Crippen molar-refractivity contribution in [2.75, 3.05) is 19.4 Å². The Hall–Kier alpha value is -2.30. The zero-order chi connectivity index (χ0) is 14.5. The molecule has 1 N–H and O–H groups in total. The molecule has 5 nitrogen and oxygen atoms in total. The molecule has 0 aliphatic carbocycles. The van der Waals surface area contributed by atoms with E-state index in [9.17, 15) is 4.79 Å². The van der Waals surface area contributed by atoms with Crippen LogP contribution in [0.2, 0.25) is 0 Å². The Morgan fingerprint density at radius 2 is 2.20 bits per heavy atom. The molecule has 0 unspecified atom stereocenters. The van der Waals surface area contributed by atoms with E-state index < -0.39 is 0 Å². The van der Waals surface area contributed by atoms with Gasteiger partial charge in [-0.1, -0.05) is 6.07 Å². The number of imidazole rings is 1. The molecule has 2 rings (SSSR count). The van der Waals surface area contributed by atoms with E-state index >= 15 is 0 Å². The smallest absolute Gasteiger partial charge is 0.253 e. The van der Waals surface area contributed by atoms with E-state index in [-0.39, 0.29) is 5.91 Å². The van der Waals surface area contributed by atoms with Crippen molar-refractivity contribution in [2.45, 2.75) is 20.0 Å². The van der Waals surface area contributed by atoms with Crippen LogP contribution in [0.5, 0.6) is 0 Å². The number of aromatic nitrogens is 2. The standard InChI is InChI=1S/C15H20N4O/c1-4-19-11-16-9-14(19)10-17-13-7-5-6-12(8-13)15(20)18(2)3/h5-9,11,17H,4,10H2,1-3H3. The predicted molar refractivity (Wildman–Crippen MR) is 79.7 cm³/mol. The van der Waals surface area contributed by atoms with E-state index in [1.165, 1.54) is 0 Å². The van der Waals surface area contributed by atoms with E-state index in [1.807, 2.05) is 36.8 Å². The van der Waals surface area contributed by atoms with Crippen LogP contribution in [0.15, 0.2) is 36.8 Å². The van der Waals surface area contributed by atoms with Crippen LogP contribution < -0.4 is 5.32 Å². The number of carbonyl (C=O) groups is 1. The van der Waals surface area contributed by atoms with Gasteiger partial charge in [0.15, 0.2) is 0 Å². The Balaban J connectivity index is 2.07. The highest BCUT2D eigenvalue weighted by Gasteiger charge is 2.08. The maximum atomic E-state index is 11.9. The largest absolute Gasteiger partial charge is 0.379 e. The van der Waals surface area contributed by atoms with Gasteiger partial charge in [-0.05, 0) is 25.1 Å². The third-order valence-electron chi connectivity index (χ3n) is 3.13. The summed E-state index contributed by atoms with van der Waals surface area (Å²) in [6.07, 6.45) is 3.67. The summed E-state index contributed by atoms with van der Waals surface area (Å²) in [6.45, 7) is 3.67. The third kappa shape index (κ3) is 3.17. The average Bonchev–Trinajstić information content (AvgIpc) is 2.92. The number of hydrogen-bond acceptors (Lipinski definition) is 3. The second-order valence-corrected chi connectivity index (χ2v) is 4.80. The minimum atomic E-state index is 0.00671. The zero-order valence-electron chi connectivity index (χ0n) is 12.1. The summed E-state index contributed by atoms with van der Waals surface area (Å²) in [5.74, 6) is 0.00671. The van der Waals surface area contributed by atoms with Crippen molar-refractivity contribution in [1.82, 2.24) is 14.5 Å².